The Labute approximate surface area is 115 Å². The molecule has 1 heterocycles. The van der Waals surface area contributed by atoms with Crippen molar-refractivity contribution < 1.29 is 4.42 Å². The molecule has 19 heavy (non-hydrogen) atoms. The Morgan fingerprint density at radius 2 is 2.05 bits per heavy atom. The van der Waals surface area contributed by atoms with Crippen LogP contribution in [0.4, 0.5) is 0 Å². The first-order valence-corrected chi connectivity index (χ1v) is 7.56. The van der Waals surface area contributed by atoms with Gasteiger partial charge in [-0.25, -0.2) is 0 Å². The lowest BCUT2D eigenvalue weighted by Gasteiger charge is -2.33. The molecule has 0 amide bonds. The van der Waals surface area contributed by atoms with Crippen molar-refractivity contribution in [1.82, 2.24) is 4.90 Å². The summed E-state index contributed by atoms with van der Waals surface area (Å²) in [6.07, 6.45) is 10.3. The van der Waals surface area contributed by atoms with Crippen molar-refractivity contribution >= 4 is 0 Å². The minimum Gasteiger partial charge on any atom is -0.468 e. The first kappa shape index (κ1) is 12.7. The number of rotatable bonds is 4. The minimum atomic E-state index is 0.207. The second-order valence-corrected chi connectivity index (χ2v) is 5.92. The molecule has 0 N–H and O–H groups in total. The van der Waals surface area contributed by atoms with Crippen LogP contribution in [-0.4, -0.2) is 17.0 Å². The van der Waals surface area contributed by atoms with Crippen LogP contribution in [-0.2, 0) is 6.54 Å². The van der Waals surface area contributed by atoms with Gasteiger partial charge in [0.2, 0.25) is 0 Å². The van der Waals surface area contributed by atoms with E-state index in [0.717, 1.165) is 18.7 Å². The molecule has 3 rings (SSSR count). The summed E-state index contributed by atoms with van der Waals surface area (Å²) >= 11 is 0. The molecule has 0 aromatic carbocycles. The Morgan fingerprint density at radius 3 is 2.74 bits per heavy atom. The molecule has 2 fully saturated rings. The quantitative estimate of drug-likeness (QED) is 0.773. The molecule has 0 bridgehead atoms. The molecule has 2 atom stereocenters. The largest absolute Gasteiger partial charge is 0.468 e. The molecule has 1 aromatic heterocycles. The van der Waals surface area contributed by atoms with Gasteiger partial charge in [-0.2, -0.15) is 5.26 Å². The Morgan fingerprint density at radius 1 is 1.21 bits per heavy atom. The lowest BCUT2D eigenvalue weighted by Crippen LogP contribution is -2.40. The molecule has 0 aliphatic heterocycles. The fraction of sp³-hybridized carbons (Fsp3) is 0.688. The fourth-order valence-electron chi connectivity index (χ4n) is 3.34. The van der Waals surface area contributed by atoms with Crippen molar-refractivity contribution in [2.24, 2.45) is 5.92 Å². The summed E-state index contributed by atoms with van der Waals surface area (Å²) in [6.45, 7) is 0.876. The van der Waals surface area contributed by atoms with Crippen molar-refractivity contribution in [3.8, 4) is 6.07 Å². The van der Waals surface area contributed by atoms with E-state index in [9.17, 15) is 5.26 Å². The lowest BCUT2D eigenvalue weighted by molar-refractivity contribution is 0.126. The molecular formula is C16H22N2O. The van der Waals surface area contributed by atoms with Crippen molar-refractivity contribution in [2.45, 2.75) is 63.6 Å². The van der Waals surface area contributed by atoms with Crippen LogP contribution in [0.2, 0.25) is 0 Å². The zero-order valence-electron chi connectivity index (χ0n) is 11.4. The number of hydrogen-bond donors (Lipinski definition) is 0. The topological polar surface area (TPSA) is 40.2 Å². The molecule has 2 aliphatic carbocycles. The zero-order valence-corrected chi connectivity index (χ0v) is 11.4. The van der Waals surface area contributed by atoms with Crippen LogP contribution >= 0.6 is 0 Å². The number of nitrogens with zero attached hydrogens (tertiary/aromatic N) is 2. The third-order valence-corrected chi connectivity index (χ3v) is 4.51. The Balaban J connectivity index is 1.75. The summed E-state index contributed by atoms with van der Waals surface area (Å²) in [5.74, 6) is 1.24. The smallest absolute Gasteiger partial charge is 0.117 e. The van der Waals surface area contributed by atoms with Crippen molar-refractivity contribution in [2.75, 3.05) is 0 Å². The van der Waals surface area contributed by atoms with Gasteiger partial charge in [0, 0.05) is 12.1 Å². The molecule has 2 saturated carbocycles. The first-order chi connectivity index (χ1) is 9.38. The fourth-order valence-corrected chi connectivity index (χ4v) is 3.34. The molecule has 0 spiro atoms. The molecule has 1 aromatic rings. The van der Waals surface area contributed by atoms with Crippen molar-refractivity contribution in [3.05, 3.63) is 24.2 Å². The molecule has 2 aliphatic rings. The minimum absolute atomic E-state index is 0.207. The lowest BCUT2D eigenvalue weighted by atomic mass is 9.94. The molecule has 102 valence electrons. The standard InChI is InChI=1S/C16H22N2O/c17-11-13-5-2-1-3-7-16(13)18(14-8-9-14)12-15-6-4-10-19-15/h4,6,10,13-14,16H,1-3,5,7-9,12H2. The molecule has 0 radical (unpaired) electrons. The Bertz CT molecular complexity index is 430. The van der Waals surface area contributed by atoms with E-state index in [1.54, 1.807) is 6.26 Å². The summed E-state index contributed by atoms with van der Waals surface area (Å²) in [7, 11) is 0. The van der Waals surface area contributed by atoms with Crippen LogP contribution in [0.5, 0.6) is 0 Å². The molecule has 2 unspecified atom stereocenters. The monoisotopic (exact) mass is 258 g/mol. The zero-order chi connectivity index (χ0) is 13.1. The summed E-state index contributed by atoms with van der Waals surface area (Å²) in [5, 5.41) is 9.46. The number of nitriles is 1. The van der Waals surface area contributed by atoms with Gasteiger partial charge in [0.05, 0.1) is 24.8 Å². The van der Waals surface area contributed by atoms with E-state index < -0.39 is 0 Å². The highest BCUT2D eigenvalue weighted by atomic mass is 16.3. The van der Waals surface area contributed by atoms with E-state index in [4.69, 9.17) is 4.42 Å². The third kappa shape index (κ3) is 3.01. The van der Waals surface area contributed by atoms with Crippen LogP contribution in [0.1, 0.15) is 50.7 Å². The highest BCUT2D eigenvalue weighted by Gasteiger charge is 2.38. The molecule has 3 heteroatoms. The number of furan rings is 1. The van der Waals surface area contributed by atoms with Crippen LogP contribution in [0.3, 0.4) is 0 Å². The van der Waals surface area contributed by atoms with Crippen LogP contribution < -0.4 is 0 Å². The van der Waals surface area contributed by atoms with E-state index >= 15 is 0 Å². The van der Waals surface area contributed by atoms with Gasteiger partial charge in [-0.1, -0.05) is 19.3 Å². The second kappa shape index (κ2) is 5.79. The molecular weight excluding hydrogens is 236 g/mol. The number of hydrogen-bond acceptors (Lipinski definition) is 3. The molecule has 3 nitrogen and oxygen atoms in total. The van der Waals surface area contributed by atoms with E-state index in [2.05, 4.69) is 11.0 Å². The van der Waals surface area contributed by atoms with E-state index in [1.807, 2.05) is 12.1 Å². The van der Waals surface area contributed by atoms with Gasteiger partial charge in [0.15, 0.2) is 0 Å². The first-order valence-electron chi connectivity index (χ1n) is 7.56. The third-order valence-electron chi connectivity index (χ3n) is 4.51. The maximum atomic E-state index is 9.46. The normalized spacial score (nSPS) is 28.0. The summed E-state index contributed by atoms with van der Waals surface area (Å²) in [6, 6.07) is 7.69. The van der Waals surface area contributed by atoms with E-state index in [0.29, 0.717) is 12.1 Å². The van der Waals surface area contributed by atoms with Crippen LogP contribution in [0.15, 0.2) is 22.8 Å². The van der Waals surface area contributed by atoms with Crippen LogP contribution in [0.25, 0.3) is 0 Å². The summed E-state index contributed by atoms with van der Waals surface area (Å²) in [5.41, 5.74) is 0. The predicted molar refractivity (Wildman–Crippen MR) is 73.2 cm³/mol. The maximum Gasteiger partial charge on any atom is 0.117 e. The van der Waals surface area contributed by atoms with Gasteiger partial charge in [-0.05, 0) is 37.8 Å². The Kier molecular flexibility index (Phi) is 3.89. The summed E-state index contributed by atoms with van der Waals surface area (Å²) < 4.78 is 5.51. The van der Waals surface area contributed by atoms with Gasteiger partial charge in [0.1, 0.15) is 5.76 Å². The van der Waals surface area contributed by atoms with E-state index in [-0.39, 0.29) is 5.92 Å². The average molecular weight is 258 g/mol. The highest BCUT2D eigenvalue weighted by Crippen LogP contribution is 2.36. The Hall–Kier alpha value is -1.27. The van der Waals surface area contributed by atoms with Gasteiger partial charge >= 0.3 is 0 Å². The average Bonchev–Trinajstić information content (AvgIpc) is 3.19. The van der Waals surface area contributed by atoms with Gasteiger partial charge in [-0.3, -0.25) is 4.90 Å². The second-order valence-electron chi connectivity index (χ2n) is 5.92. The summed E-state index contributed by atoms with van der Waals surface area (Å²) in [4.78, 5) is 2.55. The van der Waals surface area contributed by atoms with E-state index in [1.165, 1.54) is 38.5 Å². The van der Waals surface area contributed by atoms with Gasteiger partial charge in [-0.15, -0.1) is 0 Å². The van der Waals surface area contributed by atoms with Crippen molar-refractivity contribution in [3.63, 3.8) is 0 Å². The predicted octanol–water partition coefficient (Wildman–Crippen LogP) is 3.72. The van der Waals surface area contributed by atoms with Gasteiger partial charge < -0.3 is 4.42 Å². The highest BCUT2D eigenvalue weighted by molar-refractivity contribution is 5.04. The molecule has 0 saturated heterocycles. The maximum absolute atomic E-state index is 9.46. The van der Waals surface area contributed by atoms with Gasteiger partial charge in [0.25, 0.3) is 0 Å². The SMILES string of the molecule is N#CC1CCCCCC1N(Cc1ccco1)C1CC1. The van der Waals surface area contributed by atoms with Crippen molar-refractivity contribution in [1.29, 1.82) is 5.26 Å². The van der Waals surface area contributed by atoms with Crippen LogP contribution in [0, 0.1) is 17.2 Å².